The minimum Gasteiger partial charge on any atom is -0.371 e. The van der Waals surface area contributed by atoms with E-state index in [0.29, 0.717) is 5.96 Å². The molecule has 2 aliphatic rings. The summed E-state index contributed by atoms with van der Waals surface area (Å²) in [5.41, 5.74) is 0.764. The molecule has 2 aliphatic heterocycles. The Bertz CT molecular complexity index is 503. The molecule has 19 heavy (non-hydrogen) atoms. The van der Waals surface area contributed by atoms with E-state index in [1.165, 1.54) is 5.69 Å². The van der Waals surface area contributed by atoms with Gasteiger partial charge in [0.2, 0.25) is 0 Å². The van der Waals surface area contributed by atoms with Crippen LogP contribution in [-0.2, 0) is 4.79 Å². The van der Waals surface area contributed by atoms with Crippen LogP contribution >= 0.6 is 0 Å². The molecule has 0 radical (unpaired) electrons. The monoisotopic (exact) mass is 258 g/mol. The fraction of sp³-hybridized carbons (Fsp3) is 0.429. The van der Waals surface area contributed by atoms with Gasteiger partial charge in [0, 0.05) is 25.8 Å². The Morgan fingerprint density at radius 1 is 1.21 bits per heavy atom. The van der Waals surface area contributed by atoms with Gasteiger partial charge in [-0.05, 0) is 25.0 Å². The lowest BCUT2D eigenvalue weighted by atomic mass is 9.87. The van der Waals surface area contributed by atoms with Crippen LogP contribution in [0.1, 0.15) is 12.8 Å². The van der Waals surface area contributed by atoms with Gasteiger partial charge in [-0.15, -0.1) is 0 Å². The average Bonchev–Trinajstić information content (AvgIpc) is 2.77. The number of aliphatic imine (C=N–C) groups is 1. The SMILES string of the molecule is CN=C1NC(=O)C2(CCN(c3ccccc3)CC2)N1. The summed E-state index contributed by atoms with van der Waals surface area (Å²) in [6.45, 7) is 1.75. The average molecular weight is 258 g/mol. The Labute approximate surface area is 112 Å². The predicted octanol–water partition coefficient (Wildman–Crippen LogP) is 0.731. The Kier molecular flexibility index (Phi) is 2.89. The third-order valence-corrected chi connectivity index (χ3v) is 3.99. The van der Waals surface area contributed by atoms with E-state index in [1.807, 2.05) is 18.2 Å². The van der Waals surface area contributed by atoms with Gasteiger partial charge in [0.25, 0.3) is 5.91 Å². The maximum Gasteiger partial charge on any atom is 0.252 e. The summed E-state index contributed by atoms with van der Waals surface area (Å²) in [5.74, 6) is 0.652. The van der Waals surface area contributed by atoms with Crippen molar-refractivity contribution in [3.05, 3.63) is 30.3 Å². The van der Waals surface area contributed by atoms with Gasteiger partial charge in [-0.2, -0.15) is 0 Å². The van der Waals surface area contributed by atoms with Crippen LogP contribution in [0, 0.1) is 0 Å². The molecule has 1 amide bonds. The van der Waals surface area contributed by atoms with E-state index in [0.717, 1.165) is 25.9 Å². The van der Waals surface area contributed by atoms with Crippen LogP contribution < -0.4 is 15.5 Å². The molecule has 0 aromatic heterocycles. The second-order valence-corrected chi connectivity index (χ2v) is 5.06. The smallest absolute Gasteiger partial charge is 0.252 e. The molecule has 0 unspecified atom stereocenters. The standard InChI is InChI=1S/C14H18N4O/c1-15-13-16-12(19)14(17-13)7-9-18(10-8-14)11-5-3-2-4-6-11/h2-6H,7-10H2,1H3,(H2,15,16,17,19). The molecule has 0 atom stereocenters. The Morgan fingerprint density at radius 2 is 1.89 bits per heavy atom. The highest BCUT2D eigenvalue weighted by atomic mass is 16.2. The van der Waals surface area contributed by atoms with Gasteiger partial charge in [0.15, 0.2) is 5.96 Å². The highest BCUT2D eigenvalue weighted by molar-refractivity contribution is 6.09. The number of hydrogen-bond donors (Lipinski definition) is 2. The van der Waals surface area contributed by atoms with Crippen molar-refractivity contribution in [3.8, 4) is 0 Å². The van der Waals surface area contributed by atoms with Gasteiger partial charge >= 0.3 is 0 Å². The first-order valence-electron chi connectivity index (χ1n) is 6.60. The molecule has 3 rings (SSSR count). The third-order valence-electron chi connectivity index (χ3n) is 3.99. The number of rotatable bonds is 1. The quantitative estimate of drug-likeness (QED) is 0.781. The molecule has 100 valence electrons. The number of para-hydroxylation sites is 1. The molecule has 2 heterocycles. The number of anilines is 1. The molecule has 5 nitrogen and oxygen atoms in total. The van der Waals surface area contributed by atoms with Crippen LogP contribution in [0.5, 0.6) is 0 Å². The first-order valence-corrected chi connectivity index (χ1v) is 6.60. The van der Waals surface area contributed by atoms with Gasteiger partial charge in [-0.1, -0.05) is 18.2 Å². The maximum atomic E-state index is 12.1. The van der Waals surface area contributed by atoms with Crippen LogP contribution in [0.25, 0.3) is 0 Å². The normalized spacial score (nSPS) is 23.5. The Balaban J connectivity index is 1.72. The highest BCUT2D eigenvalue weighted by Crippen LogP contribution is 2.28. The number of amides is 1. The fourth-order valence-electron chi connectivity index (χ4n) is 2.79. The zero-order valence-corrected chi connectivity index (χ0v) is 11.0. The topological polar surface area (TPSA) is 56.7 Å². The molecule has 0 bridgehead atoms. The van der Waals surface area contributed by atoms with Crippen molar-refractivity contribution in [2.75, 3.05) is 25.0 Å². The van der Waals surface area contributed by atoms with E-state index in [-0.39, 0.29) is 5.91 Å². The minimum atomic E-state index is -0.458. The lowest BCUT2D eigenvalue weighted by Crippen LogP contribution is -2.55. The number of nitrogens with one attached hydrogen (secondary N) is 2. The van der Waals surface area contributed by atoms with Crippen LogP contribution in [0.15, 0.2) is 35.3 Å². The number of carbonyl (C=O) groups excluding carboxylic acids is 1. The number of nitrogens with zero attached hydrogens (tertiary/aromatic N) is 2. The molecule has 2 fully saturated rings. The first kappa shape index (κ1) is 12.0. The molecule has 2 N–H and O–H groups in total. The maximum absolute atomic E-state index is 12.1. The van der Waals surface area contributed by atoms with E-state index in [4.69, 9.17) is 0 Å². The summed E-state index contributed by atoms with van der Waals surface area (Å²) in [4.78, 5) is 18.4. The van der Waals surface area contributed by atoms with Crippen molar-refractivity contribution in [1.82, 2.24) is 10.6 Å². The van der Waals surface area contributed by atoms with Crippen molar-refractivity contribution in [1.29, 1.82) is 0 Å². The molecule has 0 aliphatic carbocycles. The molecule has 1 spiro atoms. The third kappa shape index (κ3) is 2.05. The Morgan fingerprint density at radius 3 is 2.47 bits per heavy atom. The van der Waals surface area contributed by atoms with Crippen LogP contribution in [-0.4, -0.2) is 37.5 Å². The fourth-order valence-corrected chi connectivity index (χ4v) is 2.79. The van der Waals surface area contributed by atoms with Crippen molar-refractivity contribution in [2.45, 2.75) is 18.4 Å². The molecular weight excluding hydrogens is 240 g/mol. The van der Waals surface area contributed by atoms with Gasteiger partial charge in [0.05, 0.1) is 0 Å². The second-order valence-electron chi connectivity index (χ2n) is 5.06. The summed E-state index contributed by atoms with van der Waals surface area (Å²) in [5, 5.41) is 6.04. The number of piperidine rings is 1. The first-order chi connectivity index (χ1) is 9.23. The number of guanidine groups is 1. The van der Waals surface area contributed by atoms with Crippen molar-refractivity contribution < 1.29 is 4.79 Å². The number of hydrogen-bond acceptors (Lipinski definition) is 3. The van der Waals surface area contributed by atoms with Crippen molar-refractivity contribution in [3.63, 3.8) is 0 Å². The zero-order chi connectivity index (χ0) is 13.3. The number of benzene rings is 1. The molecule has 2 saturated heterocycles. The largest absolute Gasteiger partial charge is 0.371 e. The lowest BCUT2D eigenvalue weighted by molar-refractivity contribution is -0.124. The van der Waals surface area contributed by atoms with Crippen LogP contribution in [0.3, 0.4) is 0 Å². The summed E-state index contributed by atoms with van der Waals surface area (Å²) in [6.07, 6.45) is 1.60. The van der Waals surface area contributed by atoms with E-state index in [1.54, 1.807) is 7.05 Å². The minimum absolute atomic E-state index is 0.0563. The highest BCUT2D eigenvalue weighted by Gasteiger charge is 2.46. The molecule has 1 aromatic rings. The molecule has 5 heteroatoms. The Hall–Kier alpha value is -2.04. The van der Waals surface area contributed by atoms with Crippen molar-refractivity contribution in [2.24, 2.45) is 4.99 Å². The lowest BCUT2D eigenvalue weighted by Gasteiger charge is -2.38. The van der Waals surface area contributed by atoms with E-state index < -0.39 is 5.54 Å². The molecular formula is C14H18N4O. The van der Waals surface area contributed by atoms with Gasteiger partial charge < -0.3 is 10.2 Å². The van der Waals surface area contributed by atoms with E-state index >= 15 is 0 Å². The summed E-state index contributed by atoms with van der Waals surface area (Å²) >= 11 is 0. The summed E-state index contributed by atoms with van der Waals surface area (Å²) in [7, 11) is 1.68. The summed E-state index contributed by atoms with van der Waals surface area (Å²) < 4.78 is 0. The van der Waals surface area contributed by atoms with Gasteiger partial charge in [-0.3, -0.25) is 15.1 Å². The predicted molar refractivity (Wildman–Crippen MR) is 75.3 cm³/mol. The molecule has 1 aromatic carbocycles. The van der Waals surface area contributed by atoms with Crippen LogP contribution in [0.4, 0.5) is 5.69 Å². The van der Waals surface area contributed by atoms with Gasteiger partial charge in [-0.25, -0.2) is 0 Å². The molecule has 0 saturated carbocycles. The van der Waals surface area contributed by atoms with Gasteiger partial charge in [0.1, 0.15) is 5.54 Å². The summed E-state index contributed by atoms with van der Waals surface area (Å²) in [6, 6.07) is 10.3. The van der Waals surface area contributed by atoms with Crippen molar-refractivity contribution >= 4 is 17.6 Å². The zero-order valence-electron chi connectivity index (χ0n) is 11.0. The number of carbonyl (C=O) groups is 1. The second kappa shape index (κ2) is 4.57. The van der Waals surface area contributed by atoms with E-state index in [9.17, 15) is 4.79 Å². The van der Waals surface area contributed by atoms with E-state index in [2.05, 4.69) is 32.7 Å². The van der Waals surface area contributed by atoms with Crippen LogP contribution in [0.2, 0.25) is 0 Å².